The van der Waals surface area contributed by atoms with Crippen molar-refractivity contribution in [3.63, 3.8) is 0 Å². The summed E-state index contributed by atoms with van der Waals surface area (Å²) >= 11 is 0. The number of amides is 2. The molecule has 250 valence electrons. The summed E-state index contributed by atoms with van der Waals surface area (Å²) in [5, 5.41) is 61.2. The number of carbonyl (C=O) groups excluding carboxylic acids is 2. The molecule has 0 saturated carbocycles. The van der Waals surface area contributed by atoms with E-state index in [0.717, 1.165) is 22.3 Å². The third-order valence-corrected chi connectivity index (χ3v) is 6.91. The zero-order chi connectivity index (χ0) is 32.6. The maximum absolute atomic E-state index is 12.5. The molecule has 15 nitrogen and oxygen atoms in total. The summed E-state index contributed by atoms with van der Waals surface area (Å²) in [6.45, 7) is -3.91. The predicted molar refractivity (Wildman–Crippen MR) is 157 cm³/mol. The molecule has 0 saturated heterocycles. The monoisotopic (exact) mass is 638 g/mol. The number of carbonyl (C=O) groups is 2. The van der Waals surface area contributed by atoms with Crippen LogP contribution >= 0.6 is 0 Å². The second-order valence-corrected chi connectivity index (χ2v) is 9.99. The van der Waals surface area contributed by atoms with Crippen molar-refractivity contribution in [3.05, 3.63) is 59.7 Å². The Morgan fingerprint density at radius 3 is 1.82 bits per heavy atom. The van der Waals surface area contributed by atoms with E-state index in [1.54, 1.807) is 0 Å². The minimum atomic E-state index is -1.29. The van der Waals surface area contributed by atoms with E-state index in [0.29, 0.717) is 0 Å². The lowest BCUT2D eigenvalue weighted by atomic mass is 9.98. The fourth-order valence-corrected chi connectivity index (χ4v) is 4.66. The highest BCUT2D eigenvalue weighted by Gasteiger charge is 2.30. The number of hydrogen-bond donors (Lipinski definition) is 8. The summed E-state index contributed by atoms with van der Waals surface area (Å²) in [4.78, 5) is 25.1. The van der Waals surface area contributed by atoms with E-state index in [-0.39, 0.29) is 32.3 Å². The maximum atomic E-state index is 12.5. The van der Waals surface area contributed by atoms with Crippen molar-refractivity contribution in [1.29, 1.82) is 0 Å². The third kappa shape index (κ3) is 10.7. The Labute approximate surface area is 260 Å². The first-order chi connectivity index (χ1) is 21.9. The molecule has 1 aliphatic carbocycles. The zero-order valence-electron chi connectivity index (χ0n) is 24.7. The van der Waals surface area contributed by atoms with Crippen LogP contribution in [0.15, 0.2) is 48.5 Å². The molecule has 2 aromatic carbocycles. The number of ether oxygens (including phenoxy) is 5. The van der Waals surface area contributed by atoms with Gasteiger partial charge in [-0.3, -0.25) is 4.79 Å². The Morgan fingerprint density at radius 1 is 0.711 bits per heavy atom. The Kier molecular flexibility index (Phi) is 15.6. The van der Waals surface area contributed by atoms with Crippen molar-refractivity contribution in [2.45, 2.75) is 36.7 Å². The van der Waals surface area contributed by atoms with Gasteiger partial charge in [-0.05, 0) is 22.3 Å². The van der Waals surface area contributed by atoms with E-state index in [1.165, 1.54) is 0 Å². The fourth-order valence-electron chi connectivity index (χ4n) is 4.66. The molecule has 2 aromatic rings. The maximum Gasteiger partial charge on any atom is 0.407 e. The van der Waals surface area contributed by atoms with E-state index in [1.807, 2.05) is 48.5 Å². The molecule has 3 rings (SSSR count). The fraction of sp³-hybridized carbons (Fsp3) is 0.533. The lowest BCUT2D eigenvalue weighted by Gasteiger charge is -2.26. The van der Waals surface area contributed by atoms with Gasteiger partial charge in [0.05, 0.1) is 52.9 Å². The molecular formula is C30H42N2O13. The summed E-state index contributed by atoms with van der Waals surface area (Å²) in [6, 6.07) is 14.4. The smallest absolute Gasteiger partial charge is 0.407 e. The van der Waals surface area contributed by atoms with Crippen LogP contribution in [0.5, 0.6) is 0 Å². The summed E-state index contributed by atoms with van der Waals surface area (Å²) in [7, 11) is 0. The number of alkyl carbamates (subject to hydrolysis) is 1. The van der Waals surface area contributed by atoms with Crippen LogP contribution in [0.1, 0.15) is 17.0 Å². The molecular weight excluding hydrogens is 596 g/mol. The normalized spacial score (nSPS) is 15.2. The summed E-state index contributed by atoms with van der Waals surface area (Å²) in [5.41, 5.74) is 4.20. The number of benzene rings is 2. The van der Waals surface area contributed by atoms with Gasteiger partial charge < -0.3 is 65.0 Å². The zero-order valence-corrected chi connectivity index (χ0v) is 24.7. The molecule has 3 unspecified atom stereocenters. The summed E-state index contributed by atoms with van der Waals surface area (Å²) < 4.78 is 26.7. The van der Waals surface area contributed by atoms with Gasteiger partial charge in [0.1, 0.15) is 24.9 Å². The molecule has 0 bridgehead atoms. The predicted octanol–water partition coefficient (Wildman–Crippen LogP) is -1.58. The Hall–Kier alpha value is -3.22. The van der Waals surface area contributed by atoms with Gasteiger partial charge in [-0.15, -0.1) is 0 Å². The molecule has 45 heavy (non-hydrogen) atoms. The van der Waals surface area contributed by atoms with Crippen LogP contribution in [0.4, 0.5) is 4.79 Å². The molecule has 0 fully saturated rings. The number of nitrogens with one attached hydrogen (secondary N) is 2. The van der Waals surface area contributed by atoms with Crippen LogP contribution in [0, 0.1) is 0 Å². The Morgan fingerprint density at radius 2 is 1.27 bits per heavy atom. The average molecular weight is 639 g/mol. The van der Waals surface area contributed by atoms with Gasteiger partial charge in [0, 0.05) is 12.5 Å². The number of hydrogen-bond acceptors (Lipinski definition) is 13. The second-order valence-electron chi connectivity index (χ2n) is 9.99. The molecule has 0 heterocycles. The molecule has 0 aromatic heterocycles. The minimum Gasteiger partial charge on any atom is -0.449 e. The van der Waals surface area contributed by atoms with Gasteiger partial charge in [0.2, 0.25) is 5.91 Å². The van der Waals surface area contributed by atoms with Gasteiger partial charge >= 0.3 is 6.09 Å². The number of rotatable bonds is 21. The van der Waals surface area contributed by atoms with Crippen molar-refractivity contribution in [2.24, 2.45) is 0 Å². The Bertz CT molecular complexity index is 1140. The van der Waals surface area contributed by atoms with Crippen LogP contribution in [-0.2, 0) is 28.5 Å². The van der Waals surface area contributed by atoms with Gasteiger partial charge in [0.25, 0.3) is 0 Å². The van der Waals surface area contributed by atoms with Crippen molar-refractivity contribution < 1.29 is 63.9 Å². The van der Waals surface area contributed by atoms with Crippen molar-refractivity contribution in [2.75, 3.05) is 66.0 Å². The van der Waals surface area contributed by atoms with E-state index in [2.05, 4.69) is 10.6 Å². The molecule has 4 atom stereocenters. The molecule has 0 aliphatic heterocycles. The molecule has 1 aliphatic rings. The molecule has 8 N–H and O–H groups in total. The van der Waals surface area contributed by atoms with Crippen LogP contribution in [0.3, 0.4) is 0 Å². The van der Waals surface area contributed by atoms with Crippen molar-refractivity contribution in [1.82, 2.24) is 10.6 Å². The largest absolute Gasteiger partial charge is 0.449 e. The topological polar surface area (TPSA) is 226 Å². The highest BCUT2D eigenvalue weighted by molar-refractivity contribution is 5.85. The number of aliphatic hydroxyl groups is 6. The third-order valence-electron chi connectivity index (χ3n) is 6.91. The summed E-state index contributed by atoms with van der Waals surface area (Å²) in [6.07, 6.45) is -5.27. The van der Waals surface area contributed by atoms with Gasteiger partial charge in [-0.2, -0.15) is 0 Å². The van der Waals surface area contributed by atoms with Crippen LogP contribution < -0.4 is 10.6 Å². The van der Waals surface area contributed by atoms with E-state index >= 15 is 0 Å². The quantitative estimate of drug-likeness (QED) is 0.0572. The van der Waals surface area contributed by atoms with E-state index < -0.39 is 82.5 Å². The first-order valence-electron chi connectivity index (χ1n) is 14.5. The lowest BCUT2D eigenvalue weighted by Crippen LogP contribution is -2.50. The van der Waals surface area contributed by atoms with Crippen LogP contribution in [0.25, 0.3) is 11.1 Å². The first kappa shape index (κ1) is 36.3. The highest BCUT2D eigenvalue weighted by Crippen LogP contribution is 2.44. The molecule has 0 radical (unpaired) electrons. The highest BCUT2D eigenvalue weighted by atomic mass is 16.7. The van der Waals surface area contributed by atoms with Crippen LogP contribution in [0.2, 0.25) is 0 Å². The Balaban J connectivity index is 1.39. The molecule has 0 spiro atoms. The SMILES string of the molecule is O=C(N[C@H](CO)C(=O)NCCOC(CO)OC(CO)COC(CO)OC(CO)CO)OCC1c2ccccc2-c2ccccc21. The van der Waals surface area contributed by atoms with Gasteiger partial charge in [-0.1, -0.05) is 48.5 Å². The summed E-state index contributed by atoms with van der Waals surface area (Å²) in [5.74, 6) is -0.869. The van der Waals surface area contributed by atoms with Crippen molar-refractivity contribution >= 4 is 12.0 Å². The second kappa shape index (κ2) is 19.3. The molecule has 2 amide bonds. The van der Waals surface area contributed by atoms with E-state index in [9.17, 15) is 30.0 Å². The standard InChI is InChI=1S/C30H42N2O13/c33-11-19(12-34)44-28(16-38)42-17-20(13-35)45-27(15-37)41-10-9-31-29(39)26(14-36)32-30(40)43-18-25-23-7-3-1-5-21(23)22-6-2-4-8-24(22)25/h1-8,19-20,25-28,33-38H,9-18H2,(H,31,39)(H,32,40)/t20?,26-,27?,28?/m1/s1. The number of aliphatic hydroxyl groups excluding tert-OH is 6. The lowest BCUT2D eigenvalue weighted by molar-refractivity contribution is -0.240. The first-order valence-corrected chi connectivity index (χ1v) is 14.5. The average Bonchev–Trinajstić information content (AvgIpc) is 3.40. The van der Waals surface area contributed by atoms with Crippen molar-refractivity contribution in [3.8, 4) is 11.1 Å². The minimum absolute atomic E-state index is 0.0371. The van der Waals surface area contributed by atoms with E-state index in [4.69, 9.17) is 33.9 Å². The molecule has 15 heteroatoms. The van der Waals surface area contributed by atoms with Gasteiger partial charge in [-0.25, -0.2) is 4.79 Å². The van der Waals surface area contributed by atoms with Crippen LogP contribution in [-0.4, -0.2) is 139 Å². The van der Waals surface area contributed by atoms with Gasteiger partial charge in [0.15, 0.2) is 12.6 Å². The number of fused-ring (bicyclic) bond motifs is 3.